The van der Waals surface area contributed by atoms with Gasteiger partial charge in [0.1, 0.15) is 0 Å². The van der Waals surface area contributed by atoms with Gasteiger partial charge in [-0.2, -0.15) is 0 Å². The smallest absolute Gasteiger partial charge is 0.333 e. The molecule has 0 bridgehead atoms. The van der Waals surface area contributed by atoms with Crippen LogP contribution in [-0.2, 0) is 0 Å². The Bertz CT molecular complexity index is 4630. The molecule has 0 saturated heterocycles. The van der Waals surface area contributed by atoms with E-state index in [0.717, 1.165) is 0 Å². The van der Waals surface area contributed by atoms with E-state index in [1.807, 2.05) is 0 Å². The first-order valence-corrected chi connectivity index (χ1v) is 25.6. The third-order valence-corrected chi connectivity index (χ3v) is 17.7. The van der Waals surface area contributed by atoms with Gasteiger partial charge < -0.3 is 18.1 Å². The van der Waals surface area contributed by atoms with Gasteiger partial charge in [0, 0.05) is 65.9 Å². The fourth-order valence-corrected chi connectivity index (χ4v) is 15.1. The molecule has 72 heavy (non-hydrogen) atoms. The van der Waals surface area contributed by atoms with Gasteiger partial charge in [-0.3, -0.25) is 0 Å². The van der Waals surface area contributed by atoms with Crippen molar-refractivity contribution in [3.63, 3.8) is 0 Å². The van der Waals surface area contributed by atoms with Crippen LogP contribution in [0.25, 0.3) is 132 Å². The average molecular weight is 913 g/mol. The minimum Gasteiger partial charge on any atom is -0.374 e. The number of aryl methyl sites for hydroxylation is 4. The van der Waals surface area contributed by atoms with E-state index >= 15 is 0 Å². The highest BCUT2D eigenvalue weighted by Crippen LogP contribution is 2.52. The van der Waals surface area contributed by atoms with Gasteiger partial charge >= 0.3 is 13.7 Å². The molecule has 0 fully saturated rings. The molecule has 18 rings (SSSR count). The van der Waals surface area contributed by atoms with Gasteiger partial charge in [0.05, 0.1) is 33.1 Å². The lowest BCUT2D eigenvalue weighted by atomic mass is 9.45. The zero-order chi connectivity index (χ0) is 47.2. The Morgan fingerprint density at radius 2 is 0.722 bits per heavy atom. The average Bonchev–Trinajstić information content (AvgIpc) is 4.15. The maximum atomic E-state index is 2.81. The first-order chi connectivity index (χ1) is 35.4. The SMILES string of the molecule is Cc1ccc(-c2cc3c4c5c2c2ccccc2n5-c2ccccc2B4n2c4c-3cccc4c3c2c2cccc4c2n3B2c3ccccc3-n3c5ccccc5c5c(-c6ccc(C)cc6C)cc-4c2c53)c(C)c1. The summed E-state index contributed by atoms with van der Waals surface area (Å²) < 4.78 is 10.8. The van der Waals surface area contributed by atoms with Gasteiger partial charge in [0.2, 0.25) is 0 Å². The molecule has 4 aliphatic rings. The minimum absolute atomic E-state index is 0.0617. The summed E-state index contributed by atoms with van der Waals surface area (Å²) in [4.78, 5) is 0. The van der Waals surface area contributed by atoms with Gasteiger partial charge in [-0.25, -0.2) is 0 Å². The van der Waals surface area contributed by atoms with E-state index in [9.17, 15) is 0 Å². The standard InChI is InChI=1S/C66H42B2N4/c1-35-27-29-39(37(3)31-35)47-33-49-41-17-13-19-45-61(41)71(67-51-21-7-11-25-55(51)69-53-23-9-5-15-43(53)57(47)65(69)59(49)67)64-46-20-14-18-42-50-34-48(40-30-28-36(2)32-38(40)4)58-44-16-6-10-24-54(44)70-56-26-12-8-22-52(56)68(60(50)66(58)70)72(62(42)46)63(45)64/h5-34H,1-4H3. The van der Waals surface area contributed by atoms with E-state index in [1.165, 1.54) is 176 Å². The molecule has 0 amide bonds. The van der Waals surface area contributed by atoms with Crippen LogP contribution in [0.3, 0.4) is 0 Å². The van der Waals surface area contributed by atoms with Crippen molar-refractivity contribution in [3.8, 4) is 55.9 Å². The van der Waals surface area contributed by atoms with Crippen LogP contribution in [0.15, 0.2) is 182 Å². The van der Waals surface area contributed by atoms with E-state index in [-0.39, 0.29) is 13.7 Å². The summed E-state index contributed by atoms with van der Waals surface area (Å²) in [6.45, 7) is 8.87. The summed E-state index contributed by atoms with van der Waals surface area (Å²) in [6.07, 6.45) is 0. The fraction of sp³-hybridized carbons (Fsp3) is 0.0606. The number of nitrogens with zero attached hydrogens (tertiary/aromatic N) is 4. The van der Waals surface area contributed by atoms with Gasteiger partial charge in [0.25, 0.3) is 0 Å². The maximum Gasteiger partial charge on any atom is 0.333 e. The van der Waals surface area contributed by atoms with Gasteiger partial charge in [-0.1, -0.05) is 157 Å². The largest absolute Gasteiger partial charge is 0.374 e. The predicted octanol–water partition coefficient (Wildman–Crippen LogP) is 13.4. The first-order valence-electron chi connectivity index (χ1n) is 25.6. The van der Waals surface area contributed by atoms with E-state index < -0.39 is 0 Å². The molecule has 8 heterocycles. The minimum atomic E-state index is -0.0617. The number of para-hydroxylation sites is 6. The van der Waals surface area contributed by atoms with Crippen LogP contribution in [0, 0.1) is 27.7 Å². The molecule has 0 N–H and O–H groups in total. The van der Waals surface area contributed by atoms with Gasteiger partial charge in [-0.05, 0) is 130 Å². The number of benzene rings is 10. The Morgan fingerprint density at radius 3 is 1.18 bits per heavy atom. The van der Waals surface area contributed by atoms with E-state index in [1.54, 1.807) is 0 Å². The zero-order valence-corrected chi connectivity index (χ0v) is 40.3. The van der Waals surface area contributed by atoms with Gasteiger partial charge in [-0.15, -0.1) is 0 Å². The number of aromatic nitrogens is 4. The van der Waals surface area contributed by atoms with Crippen LogP contribution in [-0.4, -0.2) is 31.8 Å². The first kappa shape index (κ1) is 38.1. The zero-order valence-electron chi connectivity index (χ0n) is 40.3. The van der Waals surface area contributed by atoms with Gasteiger partial charge in [0.15, 0.2) is 0 Å². The molecule has 6 heteroatoms. The Balaban J connectivity index is 1.04. The normalized spacial score (nSPS) is 13.5. The van der Waals surface area contributed by atoms with Crippen molar-refractivity contribution in [1.29, 1.82) is 0 Å². The Hall–Kier alpha value is -8.73. The maximum absolute atomic E-state index is 2.81. The Morgan fingerprint density at radius 1 is 0.306 bits per heavy atom. The highest BCUT2D eigenvalue weighted by Gasteiger charge is 2.47. The van der Waals surface area contributed by atoms with Crippen LogP contribution in [0.4, 0.5) is 0 Å². The number of hydrogen-bond donors (Lipinski definition) is 0. The second-order valence-electron chi connectivity index (χ2n) is 21.3. The molecule has 0 unspecified atom stereocenters. The van der Waals surface area contributed by atoms with Crippen LogP contribution in [0.2, 0.25) is 0 Å². The van der Waals surface area contributed by atoms with Crippen LogP contribution in [0.5, 0.6) is 0 Å². The molecular formula is C66H42B2N4. The summed E-state index contributed by atoms with van der Waals surface area (Å²) >= 11 is 0. The molecule has 0 aliphatic carbocycles. The lowest BCUT2D eigenvalue weighted by Crippen LogP contribution is -2.55. The van der Waals surface area contributed by atoms with Crippen molar-refractivity contribution in [2.24, 2.45) is 0 Å². The topological polar surface area (TPSA) is 19.7 Å². The van der Waals surface area contributed by atoms with Crippen molar-refractivity contribution >= 4 is 112 Å². The third-order valence-electron chi connectivity index (χ3n) is 17.7. The second-order valence-corrected chi connectivity index (χ2v) is 21.3. The quantitative estimate of drug-likeness (QED) is 0.154. The number of rotatable bonds is 2. The van der Waals surface area contributed by atoms with Crippen molar-refractivity contribution < 1.29 is 0 Å². The van der Waals surface area contributed by atoms with Crippen molar-refractivity contribution in [2.45, 2.75) is 27.7 Å². The van der Waals surface area contributed by atoms with E-state index in [2.05, 4.69) is 228 Å². The molecular weight excluding hydrogens is 870 g/mol. The van der Waals surface area contributed by atoms with E-state index in [0.29, 0.717) is 0 Å². The molecule has 0 atom stereocenters. The second kappa shape index (κ2) is 12.8. The number of fused-ring (bicyclic) bond motifs is 21. The number of hydrogen-bond acceptors (Lipinski definition) is 0. The van der Waals surface area contributed by atoms with Crippen molar-refractivity contribution in [2.75, 3.05) is 0 Å². The highest BCUT2D eigenvalue weighted by molar-refractivity contribution is 6.92. The molecule has 0 spiro atoms. The summed E-state index contributed by atoms with van der Waals surface area (Å²) in [5, 5.41) is 7.89. The predicted molar refractivity (Wildman–Crippen MR) is 305 cm³/mol. The molecule has 14 aromatic rings. The molecule has 0 saturated carbocycles. The molecule has 4 nitrogen and oxygen atoms in total. The summed E-state index contributed by atoms with van der Waals surface area (Å²) in [5.41, 5.74) is 34.1. The summed E-state index contributed by atoms with van der Waals surface area (Å²) in [7, 11) is 0. The molecule has 0 radical (unpaired) electrons. The molecule has 4 aromatic heterocycles. The lowest BCUT2D eigenvalue weighted by molar-refractivity contribution is 1.18. The molecule has 332 valence electrons. The Kier molecular flexibility index (Phi) is 6.76. The third kappa shape index (κ3) is 4.23. The Labute approximate surface area is 415 Å². The monoisotopic (exact) mass is 912 g/mol. The molecule has 10 aromatic carbocycles. The molecule has 4 aliphatic heterocycles. The van der Waals surface area contributed by atoms with Crippen molar-refractivity contribution in [3.05, 3.63) is 204 Å². The lowest BCUT2D eigenvalue weighted by Gasteiger charge is -2.34. The van der Waals surface area contributed by atoms with Crippen molar-refractivity contribution in [1.82, 2.24) is 18.1 Å². The summed E-state index contributed by atoms with van der Waals surface area (Å²) in [6, 6.07) is 70.3. The summed E-state index contributed by atoms with van der Waals surface area (Å²) in [5.74, 6) is 0. The van der Waals surface area contributed by atoms with Crippen LogP contribution < -0.4 is 21.9 Å². The fourth-order valence-electron chi connectivity index (χ4n) is 15.1. The van der Waals surface area contributed by atoms with E-state index in [4.69, 9.17) is 0 Å². The van der Waals surface area contributed by atoms with Crippen LogP contribution >= 0.6 is 0 Å². The van der Waals surface area contributed by atoms with Crippen LogP contribution in [0.1, 0.15) is 22.3 Å². The highest BCUT2D eigenvalue weighted by atomic mass is 15.1.